The zero-order valence-corrected chi connectivity index (χ0v) is 13.0. The molecule has 0 spiro atoms. The predicted octanol–water partition coefficient (Wildman–Crippen LogP) is 4.89. The molecule has 0 fully saturated rings. The summed E-state index contributed by atoms with van der Waals surface area (Å²) in [4.78, 5) is 1.41. The number of hydrogen-bond acceptors (Lipinski definition) is 2. The van der Waals surface area contributed by atoms with E-state index in [4.69, 9.17) is 0 Å². The van der Waals surface area contributed by atoms with Crippen LogP contribution in [0.3, 0.4) is 0 Å². The van der Waals surface area contributed by atoms with Crippen LogP contribution in [0.15, 0.2) is 29.2 Å². The lowest BCUT2D eigenvalue weighted by molar-refractivity contribution is 0.359. The smallest absolute Gasteiger partial charge is 0.0357 e. The van der Waals surface area contributed by atoms with E-state index in [2.05, 4.69) is 56.6 Å². The lowest BCUT2D eigenvalue weighted by Gasteiger charge is -2.27. The molecule has 0 saturated carbocycles. The highest BCUT2D eigenvalue weighted by molar-refractivity contribution is 7.98. The van der Waals surface area contributed by atoms with E-state index in [0.717, 1.165) is 6.54 Å². The van der Waals surface area contributed by atoms with E-state index < -0.39 is 0 Å². The molecule has 1 nitrogen and oxygen atoms in total. The topological polar surface area (TPSA) is 12.0 Å². The second kappa shape index (κ2) is 8.60. The van der Waals surface area contributed by atoms with Crippen LogP contribution in [0.2, 0.25) is 0 Å². The van der Waals surface area contributed by atoms with Gasteiger partial charge in [-0.1, -0.05) is 45.4 Å². The number of nitrogens with one attached hydrogen (secondary N) is 1. The molecule has 2 heteroatoms. The number of benzene rings is 1. The Kier molecular flexibility index (Phi) is 7.45. The van der Waals surface area contributed by atoms with E-state index in [1.54, 1.807) is 0 Å². The molecule has 0 bridgehead atoms. The maximum atomic E-state index is 3.73. The summed E-state index contributed by atoms with van der Waals surface area (Å²) in [6, 6.07) is 9.31. The monoisotopic (exact) mass is 265 g/mol. The molecule has 1 rings (SSSR count). The molecular formula is C16H27NS. The van der Waals surface area contributed by atoms with Gasteiger partial charge in [0.2, 0.25) is 0 Å². The summed E-state index contributed by atoms with van der Waals surface area (Å²) in [6.07, 6.45) is 5.90. The van der Waals surface area contributed by atoms with Crippen molar-refractivity contribution in [2.45, 2.75) is 51.0 Å². The van der Waals surface area contributed by atoms with Crippen LogP contribution in [0.4, 0.5) is 0 Å². The molecule has 0 heterocycles. The minimum absolute atomic E-state index is 0.494. The van der Waals surface area contributed by atoms with E-state index in [0.29, 0.717) is 12.0 Å². The first-order valence-corrected chi connectivity index (χ1v) is 8.33. The highest BCUT2D eigenvalue weighted by Crippen LogP contribution is 2.32. The van der Waals surface area contributed by atoms with Gasteiger partial charge in [0.15, 0.2) is 0 Å². The van der Waals surface area contributed by atoms with Crippen molar-refractivity contribution in [3.8, 4) is 0 Å². The van der Waals surface area contributed by atoms with Crippen molar-refractivity contribution >= 4 is 11.8 Å². The lowest BCUT2D eigenvalue weighted by Crippen LogP contribution is -2.28. The summed E-state index contributed by atoms with van der Waals surface area (Å²) >= 11 is 1.85. The Morgan fingerprint density at radius 3 is 2.50 bits per heavy atom. The Labute approximate surface area is 117 Å². The molecule has 0 radical (unpaired) electrons. The largest absolute Gasteiger partial charge is 0.310 e. The Morgan fingerprint density at radius 1 is 1.17 bits per heavy atom. The van der Waals surface area contributed by atoms with Crippen molar-refractivity contribution in [3.05, 3.63) is 29.8 Å². The maximum absolute atomic E-state index is 3.73. The van der Waals surface area contributed by atoms with Crippen LogP contribution >= 0.6 is 11.8 Å². The zero-order valence-electron chi connectivity index (χ0n) is 12.2. The SMILES string of the molecule is CCCNC(c1ccccc1SC)C(C)CCC. The molecule has 102 valence electrons. The number of rotatable bonds is 8. The molecule has 2 unspecified atom stereocenters. The first-order chi connectivity index (χ1) is 8.74. The second-order valence-electron chi connectivity index (χ2n) is 4.94. The normalized spacial score (nSPS) is 14.4. The minimum Gasteiger partial charge on any atom is -0.310 e. The van der Waals surface area contributed by atoms with Crippen molar-refractivity contribution in [1.82, 2.24) is 5.32 Å². The summed E-state index contributed by atoms with van der Waals surface area (Å²) < 4.78 is 0. The molecule has 0 aromatic heterocycles. The van der Waals surface area contributed by atoms with Crippen molar-refractivity contribution in [2.75, 3.05) is 12.8 Å². The molecule has 0 saturated heterocycles. The highest BCUT2D eigenvalue weighted by Gasteiger charge is 2.20. The lowest BCUT2D eigenvalue weighted by atomic mass is 9.91. The van der Waals surface area contributed by atoms with Gasteiger partial charge in [-0.25, -0.2) is 0 Å². The molecule has 1 aromatic rings. The van der Waals surface area contributed by atoms with Crippen LogP contribution in [0.1, 0.15) is 51.6 Å². The fraction of sp³-hybridized carbons (Fsp3) is 0.625. The first-order valence-electron chi connectivity index (χ1n) is 7.10. The summed E-state index contributed by atoms with van der Waals surface area (Å²) in [7, 11) is 0. The van der Waals surface area contributed by atoms with E-state index in [1.807, 2.05) is 11.8 Å². The Bertz CT molecular complexity index is 338. The van der Waals surface area contributed by atoms with Gasteiger partial charge in [-0.05, 0) is 43.2 Å². The van der Waals surface area contributed by atoms with Crippen LogP contribution < -0.4 is 5.32 Å². The third-order valence-electron chi connectivity index (χ3n) is 3.40. The molecule has 0 aliphatic heterocycles. The quantitative estimate of drug-likeness (QED) is 0.672. The fourth-order valence-electron chi connectivity index (χ4n) is 2.46. The molecule has 0 aliphatic carbocycles. The van der Waals surface area contributed by atoms with Gasteiger partial charge in [-0.3, -0.25) is 0 Å². The van der Waals surface area contributed by atoms with Crippen LogP contribution in [-0.2, 0) is 0 Å². The molecule has 1 aromatic carbocycles. The standard InChI is InChI=1S/C16H27NS/c1-5-9-13(3)16(17-12-6-2)14-10-7-8-11-15(14)18-4/h7-8,10-11,13,16-17H,5-6,9,12H2,1-4H3. The van der Waals surface area contributed by atoms with Gasteiger partial charge >= 0.3 is 0 Å². The fourth-order valence-corrected chi connectivity index (χ4v) is 3.11. The average molecular weight is 265 g/mol. The molecular weight excluding hydrogens is 238 g/mol. The Balaban J connectivity index is 2.92. The Hall–Kier alpha value is -0.470. The van der Waals surface area contributed by atoms with Crippen LogP contribution in [0, 0.1) is 5.92 Å². The van der Waals surface area contributed by atoms with E-state index >= 15 is 0 Å². The van der Waals surface area contributed by atoms with Crippen molar-refractivity contribution in [2.24, 2.45) is 5.92 Å². The summed E-state index contributed by atoms with van der Waals surface area (Å²) in [6.45, 7) is 7.97. The van der Waals surface area contributed by atoms with Gasteiger partial charge in [0, 0.05) is 10.9 Å². The summed E-state index contributed by atoms with van der Waals surface area (Å²) in [5.41, 5.74) is 1.47. The molecule has 0 aliphatic rings. The third-order valence-corrected chi connectivity index (χ3v) is 4.21. The van der Waals surface area contributed by atoms with Gasteiger partial charge in [-0.15, -0.1) is 11.8 Å². The molecule has 18 heavy (non-hydrogen) atoms. The third kappa shape index (κ3) is 4.33. The van der Waals surface area contributed by atoms with Crippen LogP contribution in [-0.4, -0.2) is 12.8 Å². The van der Waals surface area contributed by atoms with Crippen LogP contribution in [0.5, 0.6) is 0 Å². The van der Waals surface area contributed by atoms with Gasteiger partial charge < -0.3 is 5.32 Å². The summed E-state index contributed by atoms with van der Waals surface area (Å²) in [5.74, 6) is 0.690. The minimum atomic E-state index is 0.494. The van der Waals surface area contributed by atoms with Crippen molar-refractivity contribution < 1.29 is 0 Å². The van der Waals surface area contributed by atoms with Gasteiger partial charge in [0.05, 0.1) is 0 Å². The molecule has 0 amide bonds. The van der Waals surface area contributed by atoms with Gasteiger partial charge in [0.1, 0.15) is 0 Å². The van der Waals surface area contributed by atoms with Crippen molar-refractivity contribution in [1.29, 1.82) is 0 Å². The predicted molar refractivity (Wildman–Crippen MR) is 83.3 cm³/mol. The summed E-state index contributed by atoms with van der Waals surface area (Å²) in [5, 5.41) is 3.73. The molecule has 2 atom stereocenters. The zero-order chi connectivity index (χ0) is 13.4. The van der Waals surface area contributed by atoms with E-state index in [1.165, 1.54) is 29.7 Å². The van der Waals surface area contributed by atoms with E-state index in [9.17, 15) is 0 Å². The first kappa shape index (κ1) is 15.6. The number of hydrogen-bond donors (Lipinski definition) is 1. The van der Waals surface area contributed by atoms with Gasteiger partial charge in [-0.2, -0.15) is 0 Å². The van der Waals surface area contributed by atoms with Crippen LogP contribution in [0.25, 0.3) is 0 Å². The maximum Gasteiger partial charge on any atom is 0.0357 e. The Morgan fingerprint density at radius 2 is 1.89 bits per heavy atom. The average Bonchev–Trinajstić information content (AvgIpc) is 2.40. The van der Waals surface area contributed by atoms with Crippen molar-refractivity contribution in [3.63, 3.8) is 0 Å². The second-order valence-corrected chi connectivity index (χ2v) is 5.79. The number of thioether (sulfide) groups is 1. The van der Waals surface area contributed by atoms with Gasteiger partial charge in [0.25, 0.3) is 0 Å². The molecule has 1 N–H and O–H groups in total. The highest BCUT2D eigenvalue weighted by atomic mass is 32.2. The van der Waals surface area contributed by atoms with E-state index in [-0.39, 0.29) is 0 Å².